The van der Waals surface area contributed by atoms with E-state index in [0.29, 0.717) is 18.2 Å². The number of aliphatic imine (C=N–C) groups is 2. The molecule has 5 heteroatoms. The second-order valence-electron chi connectivity index (χ2n) is 13.9. The first-order valence-electron chi connectivity index (χ1n) is 18.8. The standard InChI is InChI=1S/C51H36N4O/c52-50(36-20-8-3-9-21-36)54-51(53-33-34-16-4-1-5-17-34)37-30-31-40-42-26-14-25-41(49(42)56-47(40)32-37)39-22-10-12-27-44(39)55-45-28-13-11-23-43(45)48-38(24-15-29-46(48)55)35-18-6-2-7-19-35/h1-32H,33H2,(H2,52,53,54). The van der Waals surface area contributed by atoms with Crippen molar-refractivity contribution in [2.75, 3.05) is 0 Å². The van der Waals surface area contributed by atoms with Crippen LogP contribution >= 0.6 is 0 Å². The van der Waals surface area contributed by atoms with Crippen molar-refractivity contribution in [3.05, 3.63) is 211 Å². The quantitative estimate of drug-likeness (QED) is 0.132. The molecule has 2 heterocycles. The summed E-state index contributed by atoms with van der Waals surface area (Å²) >= 11 is 0. The van der Waals surface area contributed by atoms with E-state index in [2.05, 4.69) is 144 Å². The summed E-state index contributed by atoms with van der Waals surface area (Å²) < 4.78 is 9.26. The largest absolute Gasteiger partial charge is 0.455 e. The SMILES string of the molecule is NC(=NC(=NCc1ccccc1)c1ccc2c(c1)oc1c(-c3ccccc3-n3c4ccccc4c4c(-c5ccccc5)cccc43)cccc12)c1ccccc1. The summed E-state index contributed by atoms with van der Waals surface area (Å²) in [5, 5.41) is 4.52. The molecular weight excluding hydrogens is 685 g/mol. The number of rotatable bonds is 7. The van der Waals surface area contributed by atoms with Crippen molar-refractivity contribution >= 4 is 55.4 Å². The normalized spacial score (nSPS) is 12.3. The van der Waals surface area contributed by atoms with E-state index in [9.17, 15) is 0 Å². The van der Waals surface area contributed by atoms with Crippen LogP contribution in [0.4, 0.5) is 0 Å². The van der Waals surface area contributed by atoms with Crippen LogP contribution in [-0.4, -0.2) is 16.2 Å². The minimum atomic E-state index is 0.405. The van der Waals surface area contributed by atoms with Crippen LogP contribution < -0.4 is 5.73 Å². The first kappa shape index (κ1) is 33.1. The third kappa shape index (κ3) is 5.83. The molecule has 266 valence electrons. The highest BCUT2D eigenvalue weighted by Crippen LogP contribution is 2.43. The molecule has 10 rings (SSSR count). The van der Waals surface area contributed by atoms with Gasteiger partial charge in [-0.3, -0.25) is 4.99 Å². The van der Waals surface area contributed by atoms with Gasteiger partial charge in [0.05, 0.1) is 23.3 Å². The van der Waals surface area contributed by atoms with Gasteiger partial charge in [0, 0.05) is 43.8 Å². The van der Waals surface area contributed by atoms with Gasteiger partial charge in [0.25, 0.3) is 0 Å². The fraction of sp³-hybridized carbons (Fsp3) is 0.0196. The average molecular weight is 721 g/mol. The number of hydrogen-bond donors (Lipinski definition) is 1. The molecule has 10 aromatic rings. The average Bonchev–Trinajstić information content (AvgIpc) is 3.81. The van der Waals surface area contributed by atoms with Crippen molar-refractivity contribution in [1.29, 1.82) is 0 Å². The van der Waals surface area contributed by atoms with E-state index in [0.717, 1.165) is 66.5 Å². The maximum Gasteiger partial charge on any atom is 0.157 e. The number of aromatic nitrogens is 1. The maximum atomic E-state index is 6.86. The van der Waals surface area contributed by atoms with Gasteiger partial charge in [0.15, 0.2) is 5.84 Å². The van der Waals surface area contributed by atoms with Crippen LogP contribution in [0.15, 0.2) is 209 Å². The van der Waals surface area contributed by atoms with Gasteiger partial charge in [0.2, 0.25) is 0 Å². The van der Waals surface area contributed by atoms with E-state index in [1.54, 1.807) is 0 Å². The zero-order chi connectivity index (χ0) is 37.4. The number of benzene rings is 8. The molecule has 0 spiro atoms. The smallest absolute Gasteiger partial charge is 0.157 e. The summed E-state index contributed by atoms with van der Waals surface area (Å²) in [6, 6.07) is 67.2. The lowest BCUT2D eigenvalue weighted by atomic mass is 9.99. The highest BCUT2D eigenvalue weighted by molar-refractivity contribution is 6.17. The summed E-state index contributed by atoms with van der Waals surface area (Å²) in [5.74, 6) is 0.950. The molecule has 0 fully saturated rings. The van der Waals surface area contributed by atoms with Gasteiger partial charge in [0.1, 0.15) is 17.0 Å². The number of amidine groups is 2. The number of nitrogens with two attached hydrogens (primary N) is 1. The predicted octanol–water partition coefficient (Wildman–Crippen LogP) is 12.4. The second kappa shape index (κ2) is 14.0. The fourth-order valence-corrected chi connectivity index (χ4v) is 7.91. The van der Waals surface area contributed by atoms with Gasteiger partial charge in [-0.25, -0.2) is 4.99 Å². The molecule has 5 nitrogen and oxygen atoms in total. The van der Waals surface area contributed by atoms with E-state index in [-0.39, 0.29) is 0 Å². The molecule has 0 atom stereocenters. The second-order valence-corrected chi connectivity index (χ2v) is 13.9. The summed E-state index contributed by atoms with van der Waals surface area (Å²) in [6.07, 6.45) is 0. The lowest BCUT2D eigenvalue weighted by molar-refractivity contribution is 0.670. The van der Waals surface area contributed by atoms with Crippen LogP contribution in [0.1, 0.15) is 16.7 Å². The Bertz CT molecular complexity index is 3100. The van der Waals surface area contributed by atoms with E-state index in [1.807, 2.05) is 54.6 Å². The Kier molecular flexibility index (Phi) is 8.30. The highest BCUT2D eigenvalue weighted by Gasteiger charge is 2.21. The van der Waals surface area contributed by atoms with Gasteiger partial charge in [-0.05, 0) is 47.0 Å². The summed E-state index contributed by atoms with van der Waals surface area (Å²) in [6.45, 7) is 0.469. The van der Waals surface area contributed by atoms with Gasteiger partial charge >= 0.3 is 0 Å². The molecule has 0 saturated carbocycles. The molecule has 0 aliphatic rings. The zero-order valence-corrected chi connectivity index (χ0v) is 30.5. The first-order valence-corrected chi connectivity index (χ1v) is 18.8. The van der Waals surface area contributed by atoms with Gasteiger partial charge in [-0.2, -0.15) is 0 Å². The molecule has 56 heavy (non-hydrogen) atoms. The van der Waals surface area contributed by atoms with Crippen LogP contribution in [-0.2, 0) is 6.54 Å². The van der Waals surface area contributed by atoms with E-state index in [1.165, 1.54) is 21.9 Å². The van der Waals surface area contributed by atoms with Crippen LogP contribution in [0, 0.1) is 0 Å². The topological polar surface area (TPSA) is 68.8 Å². The molecular formula is C51H36N4O. The van der Waals surface area contributed by atoms with E-state index < -0.39 is 0 Å². The Morgan fingerprint density at radius 1 is 0.518 bits per heavy atom. The van der Waals surface area contributed by atoms with Gasteiger partial charge < -0.3 is 14.7 Å². The van der Waals surface area contributed by atoms with Crippen LogP contribution in [0.5, 0.6) is 0 Å². The Morgan fingerprint density at radius 3 is 2.00 bits per heavy atom. The monoisotopic (exact) mass is 720 g/mol. The van der Waals surface area contributed by atoms with Crippen LogP contribution in [0.3, 0.4) is 0 Å². The Balaban J connectivity index is 1.13. The third-order valence-electron chi connectivity index (χ3n) is 10.5. The zero-order valence-electron chi connectivity index (χ0n) is 30.5. The Hall–Kier alpha value is -7.50. The third-order valence-corrected chi connectivity index (χ3v) is 10.5. The minimum Gasteiger partial charge on any atom is -0.455 e. The highest BCUT2D eigenvalue weighted by atomic mass is 16.3. The molecule has 0 unspecified atom stereocenters. The molecule has 2 aromatic heterocycles. The fourth-order valence-electron chi connectivity index (χ4n) is 7.91. The maximum absolute atomic E-state index is 6.86. The molecule has 0 radical (unpaired) electrons. The van der Waals surface area contributed by atoms with Crippen molar-refractivity contribution in [2.45, 2.75) is 6.54 Å². The lowest BCUT2D eigenvalue weighted by Crippen LogP contribution is -2.16. The van der Waals surface area contributed by atoms with Crippen molar-refractivity contribution in [1.82, 2.24) is 4.57 Å². The van der Waals surface area contributed by atoms with Crippen LogP contribution in [0.2, 0.25) is 0 Å². The van der Waals surface area contributed by atoms with Crippen molar-refractivity contribution in [3.63, 3.8) is 0 Å². The summed E-state index contributed by atoms with van der Waals surface area (Å²) in [4.78, 5) is 9.85. The molecule has 0 amide bonds. The Labute approximate surface area is 324 Å². The predicted molar refractivity (Wildman–Crippen MR) is 233 cm³/mol. The van der Waals surface area contributed by atoms with Crippen molar-refractivity contribution < 1.29 is 4.42 Å². The van der Waals surface area contributed by atoms with Crippen molar-refractivity contribution in [2.24, 2.45) is 15.7 Å². The number of furan rings is 1. The molecule has 2 N–H and O–H groups in total. The Morgan fingerprint density at radius 2 is 1.16 bits per heavy atom. The number of fused-ring (bicyclic) bond motifs is 6. The molecule has 0 bridgehead atoms. The first-order chi connectivity index (χ1) is 27.7. The number of nitrogens with zero attached hydrogens (tertiary/aromatic N) is 3. The molecule has 0 aliphatic heterocycles. The van der Waals surface area contributed by atoms with E-state index in [4.69, 9.17) is 20.1 Å². The molecule has 8 aromatic carbocycles. The molecule has 0 aliphatic carbocycles. The summed E-state index contributed by atoms with van der Waals surface area (Å²) in [7, 11) is 0. The number of hydrogen-bond acceptors (Lipinski definition) is 2. The van der Waals surface area contributed by atoms with Gasteiger partial charge in [-0.1, -0.05) is 164 Å². The molecule has 0 saturated heterocycles. The minimum absolute atomic E-state index is 0.405. The number of para-hydroxylation sites is 3. The van der Waals surface area contributed by atoms with Crippen LogP contribution in [0.25, 0.3) is 71.7 Å². The van der Waals surface area contributed by atoms with Crippen molar-refractivity contribution in [3.8, 4) is 27.9 Å². The lowest BCUT2D eigenvalue weighted by Gasteiger charge is -2.14. The summed E-state index contributed by atoms with van der Waals surface area (Å²) in [5.41, 5.74) is 18.8. The van der Waals surface area contributed by atoms with E-state index >= 15 is 0 Å². The van der Waals surface area contributed by atoms with Gasteiger partial charge in [-0.15, -0.1) is 0 Å².